The maximum absolute atomic E-state index is 12.4. The van der Waals surface area contributed by atoms with Gasteiger partial charge in [-0.25, -0.2) is 5.43 Å². The molecule has 4 aromatic rings. The number of benzene rings is 3. The largest absolute Gasteiger partial charge is 0.497 e. The summed E-state index contributed by atoms with van der Waals surface area (Å²) in [7, 11) is 1.60. The van der Waals surface area contributed by atoms with Gasteiger partial charge >= 0.3 is 0 Å². The number of rotatable bonds is 10. The van der Waals surface area contributed by atoms with Crippen LogP contribution in [0.5, 0.6) is 11.5 Å². The summed E-state index contributed by atoms with van der Waals surface area (Å²) in [6.45, 7) is 2.54. The quantitative estimate of drug-likeness (QED) is 0.200. The van der Waals surface area contributed by atoms with E-state index >= 15 is 0 Å². The third kappa shape index (κ3) is 6.27. The van der Waals surface area contributed by atoms with E-state index in [0.717, 1.165) is 28.3 Å². The molecule has 1 heterocycles. The van der Waals surface area contributed by atoms with E-state index in [4.69, 9.17) is 9.47 Å². The van der Waals surface area contributed by atoms with Crippen LogP contribution < -0.4 is 14.9 Å². The summed E-state index contributed by atoms with van der Waals surface area (Å²) in [5.74, 6) is 2.07. The van der Waals surface area contributed by atoms with Crippen molar-refractivity contribution in [3.8, 4) is 28.6 Å². The molecule has 0 aliphatic rings. The fourth-order valence-electron chi connectivity index (χ4n) is 3.29. The molecule has 0 unspecified atom stereocenters. The SMILES string of the molecule is CCOc1ccc(-n2c(SCC(=O)N/N=C/c3cccc(OC)c3)nnc2-c2ccccc2)cc1. The van der Waals surface area contributed by atoms with E-state index in [0.29, 0.717) is 17.6 Å². The third-order valence-electron chi connectivity index (χ3n) is 4.90. The average molecular weight is 488 g/mol. The number of thioether (sulfide) groups is 1. The smallest absolute Gasteiger partial charge is 0.250 e. The number of hydrogen-bond acceptors (Lipinski definition) is 7. The second-order valence-corrected chi connectivity index (χ2v) is 8.24. The Kier molecular flexibility index (Phi) is 8.13. The number of carbonyl (C=O) groups is 1. The van der Waals surface area contributed by atoms with Crippen LogP contribution in [0.1, 0.15) is 12.5 Å². The highest BCUT2D eigenvalue weighted by molar-refractivity contribution is 7.99. The lowest BCUT2D eigenvalue weighted by Gasteiger charge is -2.11. The molecule has 8 nitrogen and oxygen atoms in total. The van der Waals surface area contributed by atoms with Crippen LogP contribution in [0.15, 0.2) is 89.1 Å². The molecule has 1 N–H and O–H groups in total. The molecule has 4 rings (SSSR count). The van der Waals surface area contributed by atoms with Crippen molar-refractivity contribution >= 4 is 23.9 Å². The van der Waals surface area contributed by atoms with E-state index in [1.54, 1.807) is 13.3 Å². The molecule has 0 radical (unpaired) electrons. The molecule has 0 aliphatic carbocycles. The Balaban J connectivity index is 1.49. The normalized spacial score (nSPS) is 10.9. The number of amides is 1. The first-order valence-electron chi connectivity index (χ1n) is 11.0. The van der Waals surface area contributed by atoms with Gasteiger partial charge in [0, 0.05) is 11.3 Å². The lowest BCUT2D eigenvalue weighted by Crippen LogP contribution is -2.20. The Hall–Kier alpha value is -4.11. The molecule has 178 valence electrons. The fourth-order valence-corrected chi connectivity index (χ4v) is 4.04. The molecular formula is C26H25N5O3S. The summed E-state index contributed by atoms with van der Waals surface area (Å²) < 4.78 is 12.7. The zero-order valence-electron chi connectivity index (χ0n) is 19.4. The highest BCUT2D eigenvalue weighted by Crippen LogP contribution is 2.28. The van der Waals surface area contributed by atoms with Crippen molar-refractivity contribution < 1.29 is 14.3 Å². The highest BCUT2D eigenvalue weighted by Gasteiger charge is 2.17. The molecule has 0 saturated carbocycles. The minimum atomic E-state index is -0.253. The zero-order valence-corrected chi connectivity index (χ0v) is 20.2. The maximum atomic E-state index is 12.4. The number of hydrogen-bond donors (Lipinski definition) is 1. The predicted molar refractivity (Wildman–Crippen MR) is 137 cm³/mol. The van der Waals surface area contributed by atoms with Crippen LogP contribution >= 0.6 is 11.8 Å². The standard InChI is InChI=1S/C26H25N5O3S/c1-3-34-22-14-12-21(13-15-22)31-25(20-9-5-4-6-10-20)29-30-26(31)35-18-24(32)28-27-17-19-8-7-11-23(16-19)33-2/h4-17H,3,18H2,1-2H3,(H,28,32)/b27-17+. The Morgan fingerprint density at radius 3 is 2.57 bits per heavy atom. The van der Waals surface area contributed by atoms with Gasteiger partial charge in [-0.2, -0.15) is 5.10 Å². The first-order chi connectivity index (χ1) is 17.2. The van der Waals surface area contributed by atoms with Crippen molar-refractivity contribution in [1.82, 2.24) is 20.2 Å². The highest BCUT2D eigenvalue weighted by atomic mass is 32.2. The van der Waals surface area contributed by atoms with Crippen LogP contribution in [0.4, 0.5) is 0 Å². The summed E-state index contributed by atoms with van der Waals surface area (Å²) in [5.41, 5.74) is 5.17. The van der Waals surface area contributed by atoms with Gasteiger partial charge in [-0.1, -0.05) is 54.2 Å². The number of hydrazone groups is 1. The average Bonchev–Trinajstić information content (AvgIpc) is 3.33. The molecule has 0 atom stereocenters. The summed E-state index contributed by atoms with van der Waals surface area (Å²) >= 11 is 1.28. The number of ether oxygens (including phenoxy) is 2. The molecule has 0 fully saturated rings. The van der Waals surface area contributed by atoms with Crippen LogP contribution in [0.2, 0.25) is 0 Å². The number of carbonyl (C=O) groups excluding carboxylic acids is 1. The molecule has 3 aromatic carbocycles. The van der Waals surface area contributed by atoms with Gasteiger partial charge in [-0.05, 0) is 48.9 Å². The lowest BCUT2D eigenvalue weighted by molar-refractivity contribution is -0.118. The summed E-state index contributed by atoms with van der Waals surface area (Å²) in [6, 6.07) is 24.9. The molecule has 35 heavy (non-hydrogen) atoms. The number of nitrogens with one attached hydrogen (secondary N) is 1. The molecule has 0 saturated heterocycles. The van der Waals surface area contributed by atoms with E-state index in [1.807, 2.05) is 90.4 Å². The van der Waals surface area contributed by atoms with Gasteiger partial charge < -0.3 is 9.47 Å². The van der Waals surface area contributed by atoms with Crippen LogP contribution in [-0.2, 0) is 4.79 Å². The van der Waals surface area contributed by atoms with Crippen molar-refractivity contribution in [3.05, 3.63) is 84.4 Å². The number of methoxy groups -OCH3 is 1. The molecular weight excluding hydrogens is 462 g/mol. The van der Waals surface area contributed by atoms with Crippen LogP contribution in [0, 0.1) is 0 Å². The Labute approximate surface area is 208 Å². The summed E-state index contributed by atoms with van der Waals surface area (Å²) in [6.07, 6.45) is 1.57. The van der Waals surface area contributed by atoms with Gasteiger partial charge in [0.05, 0.1) is 25.7 Å². The summed E-state index contributed by atoms with van der Waals surface area (Å²) in [4.78, 5) is 12.4. The molecule has 9 heteroatoms. The first kappa shape index (κ1) is 24.0. The van der Waals surface area contributed by atoms with Gasteiger partial charge in [0.25, 0.3) is 5.91 Å². The van der Waals surface area contributed by atoms with E-state index in [-0.39, 0.29) is 11.7 Å². The molecule has 0 spiro atoms. The van der Waals surface area contributed by atoms with Crippen LogP contribution in [0.25, 0.3) is 17.1 Å². The molecule has 1 amide bonds. The van der Waals surface area contributed by atoms with E-state index in [1.165, 1.54) is 11.8 Å². The van der Waals surface area contributed by atoms with Gasteiger partial charge in [0.15, 0.2) is 11.0 Å². The van der Waals surface area contributed by atoms with Crippen molar-refractivity contribution in [2.24, 2.45) is 5.10 Å². The molecule has 0 aliphatic heterocycles. The van der Waals surface area contributed by atoms with Crippen molar-refractivity contribution in [2.75, 3.05) is 19.5 Å². The second-order valence-electron chi connectivity index (χ2n) is 7.29. The topological polar surface area (TPSA) is 90.6 Å². The Morgan fingerprint density at radius 2 is 1.83 bits per heavy atom. The van der Waals surface area contributed by atoms with Gasteiger partial charge in [-0.3, -0.25) is 9.36 Å². The Morgan fingerprint density at radius 1 is 1.03 bits per heavy atom. The minimum absolute atomic E-state index is 0.124. The fraction of sp³-hybridized carbons (Fsp3) is 0.154. The summed E-state index contributed by atoms with van der Waals surface area (Å²) in [5, 5.41) is 13.4. The predicted octanol–water partition coefficient (Wildman–Crippen LogP) is 4.58. The van der Waals surface area contributed by atoms with Gasteiger partial charge in [-0.15, -0.1) is 10.2 Å². The van der Waals surface area contributed by atoms with E-state index in [9.17, 15) is 4.79 Å². The number of aromatic nitrogens is 3. The monoisotopic (exact) mass is 487 g/mol. The second kappa shape index (κ2) is 11.8. The van der Waals surface area contributed by atoms with Crippen molar-refractivity contribution in [2.45, 2.75) is 12.1 Å². The molecule has 0 bridgehead atoms. The maximum Gasteiger partial charge on any atom is 0.250 e. The van der Waals surface area contributed by atoms with Crippen molar-refractivity contribution in [1.29, 1.82) is 0 Å². The van der Waals surface area contributed by atoms with Gasteiger partial charge in [0.1, 0.15) is 11.5 Å². The van der Waals surface area contributed by atoms with Crippen molar-refractivity contribution in [3.63, 3.8) is 0 Å². The van der Waals surface area contributed by atoms with Gasteiger partial charge in [0.2, 0.25) is 0 Å². The minimum Gasteiger partial charge on any atom is -0.497 e. The van der Waals surface area contributed by atoms with Crippen LogP contribution in [0.3, 0.4) is 0 Å². The Bertz CT molecular complexity index is 1290. The first-order valence-corrected chi connectivity index (χ1v) is 12.0. The third-order valence-corrected chi connectivity index (χ3v) is 5.83. The van der Waals surface area contributed by atoms with Crippen LogP contribution in [-0.4, -0.2) is 46.4 Å². The zero-order chi connectivity index (χ0) is 24.5. The van der Waals surface area contributed by atoms with E-state index in [2.05, 4.69) is 20.7 Å². The van der Waals surface area contributed by atoms with E-state index < -0.39 is 0 Å². The lowest BCUT2D eigenvalue weighted by atomic mass is 10.2. The molecule has 1 aromatic heterocycles. The number of nitrogens with zero attached hydrogens (tertiary/aromatic N) is 4.